The molecule has 1 saturated heterocycles. The number of rotatable bonds is 11. The minimum atomic E-state index is -4.01. The van der Waals surface area contributed by atoms with Crippen molar-refractivity contribution >= 4 is 31.6 Å². The van der Waals surface area contributed by atoms with Crippen LogP contribution in [-0.2, 0) is 24.8 Å². The molecule has 4 rings (SSSR count). The summed E-state index contributed by atoms with van der Waals surface area (Å²) >= 11 is 0. The van der Waals surface area contributed by atoms with E-state index in [9.17, 15) is 21.6 Å². The van der Waals surface area contributed by atoms with E-state index in [1.165, 1.54) is 28.6 Å². The fraction of sp³-hybridized carbons (Fsp3) is 0.367. The number of ether oxygens (including phenoxy) is 1. The molecule has 3 aromatic rings. The van der Waals surface area contributed by atoms with Gasteiger partial charge in [0.05, 0.1) is 22.0 Å². The number of carbonyl (C=O) groups is 1. The van der Waals surface area contributed by atoms with Crippen molar-refractivity contribution in [1.29, 1.82) is 0 Å². The maximum absolute atomic E-state index is 13.6. The van der Waals surface area contributed by atoms with Crippen LogP contribution in [0.1, 0.15) is 36.0 Å². The van der Waals surface area contributed by atoms with Crippen LogP contribution in [0.4, 0.5) is 5.69 Å². The Morgan fingerprint density at radius 2 is 1.44 bits per heavy atom. The van der Waals surface area contributed by atoms with Crippen LogP contribution in [0.25, 0.3) is 0 Å². The van der Waals surface area contributed by atoms with Crippen LogP contribution in [0.2, 0.25) is 0 Å². The summed E-state index contributed by atoms with van der Waals surface area (Å²) in [6.45, 7) is 6.48. The predicted molar refractivity (Wildman–Crippen MR) is 159 cm³/mol. The van der Waals surface area contributed by atoms with Gasteiger partial charge >= 0.3 is 0 Å². The zero-order valence-electron chi connectivity index (χ0n) is 23.7. The molecule has 1 aliphatic heterocycles. The highest BCUT2D eigenvalue weighted by Gasteiger charge is 2.29. The van der Waals surface area contributed by atoms with Crippen LogP contribution >= 0.6 is 0 Å². The van der Waals surface area contributed by atoms with Gasteiger partial charge in [-0.15, -0.1) is 0 Å². The minimum absolute atomic E-state index is 0.103. The van der Waals surface area contributed by atoms with Gasteiger partial charge in [0, 0.05) is 13.1 Å². The summed E-state index contributed by atoms with van der Waals surface area (Å²) in [6.07, 6.45) is 2.78. The van der Waals surface area contributed by atoms with Crippen molar-refractivity contribution in [3.05, 3.63) is 83.4 Å². The summed E-state index contributed by atoms with van der Waals surface area (Å²) in [5.74, 6) is -0.0102. The van der Waals surface area contributed by atoms with Gasteiger partial charge in [-0.2, -0.15) is 4.31 Å². The molecule has 1 fully saturated rings. The molecule has 3 aromatic carbocycles. The van der Waals surface area contributed by atoms with Crippen molar-refractivity contribution in [3.63, 3.8) is 0 Å². The number of aryl methyl sites for hydroxylation is 3. The Hall–Kier alpha value is -3.41. The Balaban J connectivity index is 1.38. The first kappa shape index (κ1) is 30.5. The number of nitrogens with zero attached hydrogens (tertiary/aromatic N) is 2. The lowest BCUT2D eigenvalue weighted by molar-refractivity contribution is -0.119. The third-order valence-corrected chi connectivity index (χ3v) is 10.7. The summed E-state index contributed by atoms with van der Waals surface area (Å²) in [7, 11) is -7.54. The maximum atomic E-state index is 13.6. The van der Waals surface area contributed by atoms with Crippen molar-refractivity contribution in [3.8, 4) is 5.75 Å². The van der Waals surface area contributed by atoms with E-state index in [2.05, 4.69) is 5.32 Å². The van der Waals surface area contributed by atoms with E-state index in [1.54, 1.807) is 37.3 Å². The van der Waals surface area contributed by atoms with Crippen molar-refractivity contribution in [2.24, 2.45) is 0 Å². The quantitative estimate of drug-likeness (QED) is 0.331. The van der Waals surface area contributed by atoms with Crippen LogP contribution in [0, 0.1) is 20.8 Å². The van der Waals surface area contributed by atoms with Crippen LogP contribution in [0.5, 0.6) is 5.75 Å². The molecule has 1 amide bonds. The van der Waals surface area contributed by atoms with Crippen molar-refractivity contribution < 1.29 is 26.4 Å². The molecule has 11 heteroatoms. The zero-order valence-corrected chi connectivity index (χ0v) is 25.3. The highest BCUT2D eigenvalue weighted by Crippen LogP contribution is 2.28. The van der Waals surface area contributed by atoms with Gasteiger partial charge in [-0.1, -0.05) is 36.2 Å². The highest BCUT2D eigenvalue weighted by atomic mass is 32.2. The fourth-order valence-electron chi connectivity index (χ4n) is 4.63. The zero-order chi connectivity index (χ0) is 29.6. The van der Waals surface area contributed by atoms with Crippen LogP contribution in [0.15, 0.2) is 76.5 Å². The molecule has 0 aliphatic carbocycles. The molecule has 0 atom stereocenters. The monoisotopic (exact) mass is 599 g/mol. The Morgan fingerprint density at radius 1 is 0.829 bits per heavy atom. The number of amides is 1. The lowest BCUT2D eigenvalue weighted by Crippen LogP contribution is -2.42. The third kappa shape index (κ3) is 7.46. The van der Waals surface area contributed by atoms with E-state index < -0.39 is 32.5 Å². The molecule has 0 saturated carbocycles. The Morgan fingerprint density at radius 3 is 2.10 bits per heavy atom. The largest absolute Gasteiger partial charge is 0.492 e. The lowest BCUT2D eigenvalue weighted by Gasteiger charge is -2.26. The number of piperidine rings is 1. The van der Waals surface area contributed by atoms with Gasteiger partial charge in [0.2, 0.25) is 15.9 Å². The standard InChI is InChI=1S/C30H37N3O6S2/c1-23-8-13-28(14-9-23)41(37,38)33(29-21-24(2)7-10-25(29)3)22-30(34)31-17-20-39-26-11-15-27(16-12-26)40(35,36)32-18-5-4-6-19-32/h7-16,21H,4-6,17-20,22H2,1-3H3,(H,31,34). The van der Waals surface area contributed by atoms with Crippen molar-refractivity contribution in [2.75, 3.05) is 37.1 Å². The third-order valence-electron chi connectivity index (χ3n) is 7.00. The molecular formula is C30H37N3O6S2. The number of nitrogens with one attached hydrogen (secondary N) is 1. The van der Waals surface area contributed by atoms with Crippen molar-refractivity contribution in [1.82, 2.24) is 9.62 Å². The summed E-state index contributed by atoms with van der Waals surface area (Å²) in [6, 6.07) is 18.2. The SMILES string of the molecule is Cc1ccc(S(=O)(=O)N(CC(=O)NCCOc2ccc(S(=O)(=O)N3CCCCC3)cc2)c2cc(C)ccc2C)cc1. The average molecular weight is 600 g/mol. The summed E-state index contributed by atoms with van der Waals surface area (Å²) < 4.78 is 61.3. The second-order valence-electron chi connectivity index (χ2n) is 10.2. The number of benzene rings is 3. The number of carbonyl (C=O) groups excluding carboxylic acids is 1. The molecule has 41 heavy (non-hydrogen) atoms. The topological polar surface area (TPSA) is 113 Å². The van der Waals surface area contributed by atoms with E-state index in [4.69, 9.17) is 4.74 Å². The molecular weight excluding hydrogens is 562 g/mol. The molecule has 220 valence electrons. The lowest BCUT2D eigenvalue weighted by atomic mass is 10.1. The first-order valence-electron chi connectivity index (χ1n) is 13.6. The number of anilines is 1. The van der Waals surface area contributed by atoms with Gasteiger partial charge in [0.25, 0.3) is 10.0 Å². The molecule has 0 aromatic heterocycles. The molecule has 0 unspecified atom stereocenters. The van der Waals surface area contributed by atoms with E-state index in [0.717, 1.165) is 40.3 Å². The maximum Gasteiger partial charge on any atom is 0.264 e. The normalized spacial score (nSPS) is 14.4. The van der Waals surface area contributed by atoms with E-state index in [0.29, 0.717) is 24.5 Å². The van der Waals surface area contributed by atoms with Gasteiger partial charge in [0.15, 0.2) is 0 Å². The smallest absolute Gasteiger partial charge is 0.264 e. The van der Waals surface area contributed by atoms with Gasteiger partial charge in [-0.25, -0.2) is 16.8 Å². The van der Waals surface area contributed by atoms with E-state index in [1.807, 2.05) is 26.0 Å². The Kier molecular flexibility index (Phi) is 9.72. The second-order valence-corrected chi connectivity index (χ2v) is 14.0. The minimum Gasteiger partial charge on any atom is -0.492 e. The van der Waals surface area contributed by atoms with E-state index >= 15 is 0 Å². The molecule has 1 N–H and O–H groups in total. The first-order valence-corrected chi connectivity index (χ1v) is 16.5. The highest BCUT2D eigenvalue weighted by molar-refractivity contribution is 7.92. The summed E-state index contributed by atoms with van der Waals surface area (Å²) in [5.41, 5.74) is 2.97. The Labute approximate surface area is 243 Å². The van der Waals surface area contributed by atoms with Gasteiger partial charge in [-0.05, 0) is 87.2 Å². The van der Waals surface area contributed by atoms with Gasteiger partial charge < -0.3 is 10.1 Å². The number of sulfonamides is 2. The molecule has 0 bridgehead atoms. The Bertz CT molecular complexity index is 1570. The van der Waals surface area contributed by atoms with Gasteiger partial charge in [-0.3, -0.25) is 9.10 Å². The fourth-order valence-corrected chi connectivity index (χ4v) is 7.63. The van der Waals surface area contributed by atoms with Crippen molar-refractivity contribution in [2.45, 2.75) is 49.8 Å². The summed E-state index contributed by atoms with van der Waals surface area (Å²) in [5, 5.41) is 2.73. The van der Waals surface area contributed by atoms with Crippen LogP contribution in [0.3, 0.4) is 0 Å². The second kappa shape index (κ2) is 13.1. The molecule has 0 radical (unpaired) electrons. The molecule has 1 heterocycles. The predicted octanol–water partition coefficient (Wildman–Crippen LogP) is 4.18. The average Bonchev–Trinajstić information content (AvgIpc) is 2.96. The molecule has 1 aliphatic rings. The molecule has 9 nitrogen and oxygen atoms in total. The van der Waals surface area contributed by atoms with Gasteiger partial charge in [0.1, 0.15) is 18.9 Å². The van der Waals surface area contributed by atoms with Crippen LogP contribution < -0.4 is 14.4 Å². The molecule has 0 spiro atoms. The number of hydrogen-bond acceptors (Lipinski definition) is 6. The summed E-state index contributed by atoms with van der Waals surface area (Å²) in [4.78, 5) is 13.3. The number of hydrogen-bond donors (Lipinski definition) is 1. The van der Waals surface area contributed by atoms with Crippen LogP contribution in [-0.4, -0.2) is 59.8 Å². The van der Waals surface area contributed by atoms with E-state index in [-0.39, 0.29) is 22.9 Å². The first-order chi connectivity index (χ1) is 19.5.